The Morgan fingerprint density at radius 1 is 0.967 bits per heavy atom. The van der Waals surface area contributed by atoms with Crippen LogP contribution in [0.3, 0.4) is 0 Å². The monoisotopic (exact) mass is 416 g/mol. The highest BCUT2D eigenvalue weighted by atomic mass is 32.2. The molecule has 1 aromatic heterocycles. The summed E-state index contributed by atoms with van der Waals surface area (Å²) in [7, 11) is 0. The number of ether oxygens (including phenoxy) is 1. The highest BCUT2D eigenvalue weighted by Gasteiger charge is 2.11. The number of esters is 1. The third-order valence-electron chi connectivity index (χ3n) is 4.67. The molecule has 0 radical (unpaired) electrons. The van der Waals surface area contributed by atoms with Crippen LogP contribution in [-0.4, -0.2) is 29.2 Å². The third-order valence-corrected chi connectivity index (χ3v) is 5.55. The summed E-state index contributed by atoms with van der Waals surface area (Å²) in [6.45, 7) is 1.69. The maximum Gasteiger partial charge on any atom is 0.316 e. The predicted molar refractivity (Wildman–Crippen MR) is 121 cm³/mol. The Hall–Kier alpha value is -3.38. The number of rotatable bonds is 6. The molecule has 0 fully saturated rings. The largest absolute Gasteiger partial charge is 0.455 e. The normalized spacial score (nSPS) is 10.8. The van der Waals surface area contributed by atoms with Gasteiger partial charge in [-0.3, -0.25) is 9.59 Å². The standard InChI is InChI=1S/C24H20N2O3S/c1-16-13-23(26-20-11-5-4-9-18(16)20)30-15-24(28)29-14-22(27)25-21-12-6-8-17-7-2-3-10-19(17)21/h2-13H,14-15H2,1H3,(H,25,27). The van der Waals surface area contributed by atoms with Crippen LogP contribution in [0, 0.1) is 6.92 Å². The molecule has 1 heterocycles. The van der Waals surface area contributed by atoms with Gasteiger partial charge in [-0.25, -0.2) is 4.98 Å². The molecular formula is C24H20N2O3S. The summed E-state index contributed by atoms with van der Waals surface area (Å²) in [6, 6.07) is 23.3. The van der Waals surface area contributed by atoms with Gasteiger partial charge in [-0.15, -0.1) is 0 Å². The van der Waals surface area contributed by atoms with Gasteiger partial charge in [0, 0.05) is 16.5 Å². The second-order valence-corrected chi connectivity index (χ2v) is 7.81. The van der Waals surface area contributed by atoms with E-state index in [4.69, 9.17) is 4.74 Å². The number of amides is 1. The van der Waals surface area contributed by atoms with Crippen LogP contribution in [0.2, 0.25) is 0 Å². The van der Waals surface area contributed by atoms with Gasteiger partial charge in [-0.2, -0.15) is 0 Å². The van der Waals surface area contributed by atoms with Crippen molar-refractivity contribution in [1.82, 2.24) is 4.98 Å². The van der Waals surface area contributed by atoms with Crippen molar-refractivity contribution in [2.45, 2.75) is 11.9 Å². The van der Waals surface area contributed by atoms with Gasteiger partial charge < -0.3 is 10.1 Å². The molecule has 0 aliphatic rings. The Morgan fingerprint density at radius 2 is 1.70 bits per heavy atom. The lowest BCUT2D eigenvalue weighted by atomic mass is 10.1. The fourth-order valence-corrected chi connectivity index (χ4v) is 4.01. The van der Waals surface area contributed by atoms with Gasteiger partial charge in [0.15, 0.2) is 6.61 Å². The number of carbonyl (C=O) groups is 2. The first kappa shape index (κ1) is 19.9. The number of aromatic nitrogens is 1. The highest BCUT2D eigenvalue weighted by molar-refractivity contribution is 7.99. The van der Waals surface area contributed by atoms with Gasteiger partial charge in [0.25, 0.3) is 5.91 Å². The Labute approximate surface area is 178 Å². The molecule has 0 aliphatic heterocycles. The number of nitrogens with one attached hydrogen (secondary N) is 1. The molecule has 5 nitrogen and oxygen atoms in total. The van der Waals surface area contributed by atoms with Crippen LogP contribution in [-0.2, 0) is 14.3 Å². The maximum absolute atomic E-state index is 12.2. The molecule has 0 spiro atoms. The smallest absolute Gasteiger partial charge is 0.316 e. The van der Waals surface area contributed by atoms with E-state index >= 15 is 0 Å². The van der Waals surface area contributed by atoms with Gasteiger partial charge >= 0.3 is 5.97 Å². The zero-order chi connectivity index (χ0) is 20.9. The van der Waals surface area contributed by atoms with Crippen LogP contribution in [0.1, 0.15) is 5.56 Å². The minimum Gasteiger partial charge on any atom is -0.455 e. The fourth-order valence-electron chi connectivity index (χ4n) is 3.23. The number of nitrogens with zero attached hydrogens (tertiary/aromatic N) is 1. The van der Waals surface area contributed by atoms with Gasteiger partial charge in [-0.05, 0) is 36.1 Å². The molecule has 4 aromatic rings. The molecule has 0 bridgehead atoms. The molecule has 30 heavy (non-hydrogen) atoms. The van der Waals surface area contributed by atoms with E-state index in [9.17, 15) is 9.59 Å². The molecule has 0 unspecified atom stereocenters. The number of aryl methyl sites for hydroxylation is 1. The van der Waals surface area contributed by atoms with Gasteiger partial charge in [0.1, 0.15) is 0 Å². The lowest BCUT2D eigenvalue weighted by Gasteiger charge is -2.09. The summed E-state index contributed by atoms with van der Waals surface area (Å²) in [5.41, 5.74) is 2.69. The summed E-state index contributed by atoms with van der Waals surface area (Å²) < 4.78 is 5.13. The predicted octanol–water partition coefficient (Wildman–Crippen LogP) is 4.97. The number of thioether (sulfide) groups is 1. The van der Waals surface area contributed by atoms with E-state index in [0.717, 1.165) is 32.3 Å². The van der Waals surface area contributed by atoms with E-state index < -0.39 is 5.97 Å². The van der Waals surface area contributed by atoms with Crippen LogP contribution in [0.5, 0.6) is 0 Å². The topological polar surface area (TPSA) is 68.3 Å². The van der Waals surface area contributed by atoms with Crippen molar-refractivity contribution >= 4 is 51.0 Å². The molecule has 0 saturated heterocycles. The molecule has 1 amide bonds. The minimum atomic E-state index is -0.458. The molecule has 1 N–H and O–H groups in total. The summed E-state index contributed by atoms with van der Waals surface area (Å²) in [4.78, 5) is 28.9. The average molecular weight is 417 g/mol. The van der Waals surface area contributed by atoms with E-state index in [-0.39, 0.29) is 18.3 Å². The fraction of sp³-hybridized carbons (Fsp3) is 0.125. The lowest BCUT2D eigenvalue weighted by Crippen LogP contribution is -2.21. The number of pyridine rings is 1. The molecule has 6 heteroatoms. The van der Waals surface area contributed by atoms with Crippen molar-refractivity contribution < 1.29 is 14.3 Å². The number of para-hydroxylation sites is 1. The number of anilines is 1. The lowest BCUT2D eigenvalue weighted by molar-refractivity contribution is -0.144. The Bertz CT molecular complexity index is 1230. The van der Waals surface area contributed by atoms with Crippen molar-refractivity contribution in [3.63, 3.8) is 0 Å². The Balaban J connectivity index is 1.31. The Kier molecular flexibility index (Phi) is 5.95. The Morgan fingerprint density at radius 3 is 2.57 bits per heavy atom. The third kappa shape index (κ3) is 4.60. The average Bonchev–Trinajstić information content (AvgIpc) is 2.76. The molecule has 0 saturated carbocycles. The van der Waals surface area contributed by atoms with Crippen LogP contribution in [0.4, 0.5) is 5.69 Å². The second kappa shape index (κ2) is 8.97. The van der Waals surface area contributed by atoms with Crippen molar-refractivity contribution in [2.24, 2.45) is 0 Å². The molecule has 0 atom stereocenters. The first-order valence-corrected chi connectivity index (χ1v) is 10.5. The maximum atomic E-state index is 12.2. The number of hydrogen-bond acceptors (Lipinski definition) is 5. The van der Waals surface area contributed by atoms with Crippen LogP contribution in [0.15, 0.2) is 77.8 Å². The van der Waals surface area contributed by atoms with Crippen LogP contribution < -0.4 is 5.32 Å². The zero-order valence-electron chi connectivity index (χ0n) is 16.4. The van der Waals surface area contributed by atoms with Gasteiger partial charge in [0.2, 0.25) is 0 Å². The van der Waals surface area contributed by atoms with Crippen molar-refractivity contribution in [3.8, 4) is 0 Å². The zero-order valence-corrected chi connectivity index (χ0v) is 17.2. The highest BCUT2D eigenvalue weighted by Crippen LogP contribution is 2.24. The SMILES string of the molecule is Cc1cc(SCC(=O)OCC(=O)Nc2cccc3ccccc23)nc2ccccc12. The quantitative estimate of drug-likeness (QED) is 0.355. The van der Waals surface area contributed by atoms with Crippen LogP contribution >= 0.6 is 11.8 Å². The number of carbonyl (C=O) groups excluding carboxylic acids is 2. The molecule has 4 rings (SSSR count). The van der Waals surface area contributed by atoms with Crippen LogP contribution in [0.25, 0.3) is 21.7 Å². The summed E-state index contributed by atoms with van der Waals surface area (Å²) in [6.07, 6.45) is 0. The van der Waals surface area contributed by atoms with E-state index in [1.165, 1.54) is 11.8 Å². The molecule has 150 valence electrons. The van der Waals surface area contributed by atoms with E-state index in [2.05, 4.69) is 10.3 Å². The van der Waals surface area contributed by atoms with Crippen molar-refractivity contribution in [1.29, 1.82) is 0 Å². The first-order chi connectivity index (χ1) is 14.6. The van der Waals surface area contributed by atoms with Gasteiger partial charge in [-0.1, -0.05) is 66.4 Å². The number of benzene rings is 3. The molecule has 3 aromatic carbocycles. The molecular weight excluding hydrogens is 396 g/mol. The molecule has 0 aliphatic carbocycles. The van der Waals surface area contributed by atoms with Crippen molar-refractivity contribution in [3.05, 3.63) is 78.4 Å². The first-order valence-electron chi connectivity index (χ1n) is 9.52. The summed E-state index contributed by atoms with van der Waals surface area (Å²) in [5, 5.41) is 6.62. The number of hydrogen-bond donors (Lipinski definition) is 1. The van der Waals surface area contributed by atoms with Crippen molar-refractivity contribution in [2.75, 3.05) is 17.7 Å². The number of fused-ring (bicyclic) bond motifs is 2. The van der Waals surface area contributed by atoms with Gasteiger partial charge in [0.05, 0.1) is 16.3 Å². The minimum absolute atomic E-state index is 0.0896. The summed E-state index contributed by atoms with van der Waals surface area (Å²) in [5.74, 6) is -0.739. The van der Waals surface area contributed by atoms with E-state index in [0.29, 0.717) is 5.69 Å². The summed E-state index contributed by atoms with van der Waals surface area (Å²) >= 11 is 1.30. The van der Waals surface area contributed by atoms with E-state index in [1.807, 2.05) is 79.7 Å². The van der Waals surface area contributed by atoms with E-state index in [1.54, 1.807) is 0 Å². The second-order valence-electron chi connectivity index (χ2n) is 6.82.